The summed E-state index contributed by atoms with van der Waals surface area (Å²) in [5, 5.41) is 7.36. The van der Waals surface area contributed by atoms with Crippen LogP contribution in [0.3, 0.4) is 0 Å². The minimum Gasteiger partial charge on any atom is -0.457 e. The van der Waals surface area contributed by atoms with Crippen molar-refractivity contribution in [3.8, 4) is 45.3 Å². The van der Waals surface area contributed by atoms with Crippen LogP contribution >= 0.6 is 0 Å². The highest BCUT2D eigenvalue weighted by atomic mass is 16.5. The number of fused-ring (bicyclic) bond motifs is 3. The summed E-state index contributed by atoms with van der Waals surface area (Å²) in [6, 6.07) is 40.3. The van der Waals surface area contributed by atoms with Gasteiger partial charge in [0.15, 0.2) is 0 Å². The molecule has 0 N–H and O–H groups in total. The predicted molar refractivity (Wildman–Crippen MR) is 202 cm³/mol. The molecule has 0 spiro atoms. The summed E-state index contributed by atoms with van der Waals surface area (Å²) >= 11 is 0. The van der Waals surface area contributed by atoms with Gasteiger partial charge in [-0.25, -0.2) is 9.67 Å². The molecule has 0 unspecified atom stereocenters. The Morgan fingerprint density at radius 2 is 1.27 bits per heavy atom. The van der Waals surface area contributed by atoms with Gasteiger partial charge in [-0.05, 0) is 117 Å². The molecule has 0 aliphatic heterocycles. The van der Waals surface area contributed by atoms with Crippen LogP contribution in [0.5, 0.6) is 11.5 Å². The lowest BCUT2D eigenvalue weighted by Gasteiger charge is -2.14. The lowest BCUT2D eigenvalue weighted by atomic mass is 9.92. The zero-order valence-corrected chi connectivity index (χ0v) is 28.7. The minimum atomic E-state index is 0.757. The molecule has 49 heavy (non-hydrogen) atoms. The van der Waals surface area contributed by atoms with Gasteiger partial charge >= 0.3 is 0 Å². The molecule has 0 radical (unpaired) electrons. The summed E-state index contributed by atoms with van der Waals surface area (Å²) in [7, 11) is 0. The highest BCUT2D eigenvalue weighted by Gasteiger charge is 2.20. The third kappa shape index (κ3) is 5.38. The van der Waals surface area contributed by atoms with E-state index in [1.54, 1.807) is 0 Å². The van der Waals surface area contributed by atoms with E-state index in [4.69, 9.17) is 14.8 Å². The van der Waals surface area contributed by atoms with Crippen molar-refractivity contribution in [1.82, 2.24) is 19.3 Å². The van der Waals surface area contributed by atoms with Crippen LogP contribution in [0.1, 0.15) is 33.6 Å². The molecule has 0 saturated heterocycles. The molecule has 3 aromatic heterocycles. The normalized spacial score (nSPS) is 11.5. The molecule has 5 nitrogen and oxygen atoms in total. The van der Waals surface area contributed by atoms with E-state index in [9.17, 15) is 0 Å². The first-order valence-corrected chi connectivity index (χ1v) is 16.7. The fourth-order valence-corrected chi connectivity index (χ4v) is 7.49. The molecule has 5 heteroatoms. The van der Waals surface area contributed by atoms with Gasteiger partial charge in [-0.1, -0.05) is 66.2 Å². The molecule has 0 atom stereocenters. The first kappa shape index (κ1) is 30.4. The first-order chi connectivity index (χ1) is 23.7. The number of nitrogens with zero attached hydrogens (tertiary/aromatic N) is 4. The third-order valence-corrected chi connectivity index (χ3v) is 9.46. The maximum Gasteiger partial charge on any atom is 0.138 e. The van der Waals surface area contributed by atoms with Gasteiger partial charge in [0.05, 0.1) is 22.4 Å². The largest absolute Gasteiger partial charge is 0.457 e. The van der Waals surface area contributed by atoms with Gasteiger partial charge in [-0.3, -0.25) is 4.57 Å². The van der Waals surface area contributed by atoms with Crippen molar-refractivity contribution in [2.45, 2.75) is 41.5 Å². The van der Waals surface area contributed by atoms with E-state index in [-0.39, 0.29) is 0 Å². The molecule has 0 amide bonds. The van der Waals surface area contributed by atoms with Gasteiger partial charge in [0, 0.05) is 40.4 Å². The van der Waals surface area contributed by atoms with E-state index in [1.165, 1.54) is 33.2 Å². The predicted octanol–water partition coefficient (Wildman–Crippen LogP) is 11.3. The van der Waals surface area contributed by atoms with E-state index in [0.29, 0.717) is 0 Å². The van der Waals surface area contributed by atoms with Gasteiger partial charge in [-0.2, -0.15) is 5.10 Å². The Bertz CT molecular complexity index is 2510. The highest BCUT2D eigenvalue weighted by Crippen LogP contribution is 2.38. The van der Waals surface area contributed by atoms with Crippen molar-refractivity contribution in [3.63, 3.8) is 0 Å². The summed E-state index contributed by atoms with van der Waals surface area (Å²) in [6.07, 6.45) is 1.89. The Labute approximate surface area is 287 Å². The summed E-state index contributed by atoms with van der Waals surface area (Å²) in [5.41, 5.74) is 14.9. The Hall–Kier alpha value is -5.94. The van der Waals surface area contributed by atoms with Crippen LogP contribution < -0.4 is 4.74 Å². The average molecular weight is 639 g/mol. The number of aromatic nitrogens is 4. The Kier molecular flexibility index (Phi) is 7.41. The van der Waals surface area contributed by atoms with Gasteiger partial charge < -0.3 is 4.74 Å². The lowest BCUT2D eigenvalue weighted by Crippen LogP contribution is -2.01. The van der Waals surface area contributed by atoms with Crippen LogP contribution in [0.15, 0.2) is 121 Å². The van der Waals surface area contributed by atoms with Crippen LogP contribution in [0, 0.1) is 41.5 Å². The Morgan fingerprint density at radius 1 is 0.551 bits per heavy atom. The lowest BCUT2D eigenvalue weighted by molar-refractivity contribution is 0.482. The summed E-state index contributed by atoms with van der Waals surface area (Å²) < 4.78 is 10.9. The fraction of sp³-hybridized carbons (Fsp3) is 0.136. The molecule has 0 aliphatic rings. The molecule has 0 fully saturated rings. The molecular formula is C44H38N4O. The van der Waals surface area contributed by atoms with Crippen molar-refractivity contribution in [3.05, 3.63) is 155 Å². The molecule has 8 rings (SSSR count). The quantitative estimate of drug-likeness (QED) is 0.182. The summed E-state index contributed by atoms with van der Waals surface area (Å²) in [4.78, 5) is 4.84. The van der Waals surface area contributed by atoms with E-state index >= 15 is 0 Å². The number of pyridine rings is 1. The molecule has 5 aromatic carbocycles. The Morgan fingerprint density at radius 3 is 2.06 bits per heavy atom. The number of hydrogen-bond acceptors (Lipinski definition) is 3. The standard InChI is InChI=1S/C44H38N4O/c1-27-20-29(3)43(30(4)21-27)44-31(5)46-48(32(44)6)35-22-28(2)23-37(25-35)49-36-16-17-39-38-14-10-11-15-40(38)47(41(39)26-36)42-24-34(18-19-45-42)33-12-8-7-9-13-33/h7-26H,1-6H3. The number of aryl methyl sites for hydroxylation is 5. The zero-order chi connectivity index (χ0) is 33.8. The van der Waals surface area contributed by atoms with E-state index in [1.807, 2.05) is 12.3 Å². The average Bonchev–Trinajstić information content (AvgIpc) is 3.57. The monoisotopic (exact) mass is 638 g/mol. The molecule has 0 aliphatic carbocycles. The van der Waals surface area contributed by atoms with Gasteiger partial charge in [0.25, 0.3) is 0 Å². The van der Waals surface area contributed by atoms with Crippen LogP contribution in [0.25, 0.3) is 55.6 Å². The van der Waals surface area contributed by atoms with E-state index in [2.05, 4.69) is 160 Å². The second-order valence-electron chi connectivity index (χ2n) is 13.1. The first-order valence-electron chi connectivity index (χ1n) is 16.7. The van der Waals surface area contributed by atoms with Gasteiger partial charge in [-0.15, -0.1) is 0 Å². The molecule has 3 heterocycles. The smallest absolute Gasteiger partial charge is 0.138 e. The molecule has 240 valence electrons. The maximum absolute atomic E-state index is 6.65. The number of ether oxygens (including phenoxy) is 1. The topological polar surface area (TPSA) is 44.9 Å². The van der Waals surface area contributed by atoms with Crippen molar-refractivity contribution in [2.24, 2.45) is 0 Å². The second-order valence-corrected chi connectivity index (χ2v) is 13.1. The summed E-state index contributed by atoms with van der Waals surface area (Å²) in [6.45, 7) is 12.9. The van der Waals surface area contributed by atoms with Crippen molar-refractivity contribution >= 4 is 21.8 Å². The number of rotatable bonds is 6. The number of para-hydroxylation sites is 1. The molecule has 0 saturated carbocycles. The number of hydrogen-bond donors (Lipinski definition) is 0. The fourth-order valence-electron chi connectivity index (χ4n) is 7.49. The van der Waals surface area contributed by atoms with Crippen LogP contribution in [0.4, 0.5) is 0 Å². The Balaban J connectivity index is 1.20. The number of benzene rings is 5. The van der Waals surface area contributed by atoms with Crippen molar-refractivity contribution in [1.29, 1.82) is 0 Å². The van der Waals surface area contributed by atoms with Crippen molar-refractivity contribution < 1.29 is 4.74 Å². The minimum absolute atomic E-state index is 0.757. The second kappa shape index (κ2) is 11.9. The maximum atomic E-state index is 6.65. The molecule has 8 aromatic rings. The van der Waals surface area contributed by atoms with Crippen molar-refractivity contribution in [2.75, 3.05) is 0 Å². The zero-order valence-electron chi connectivity index (χ0n) is 28.7. The van der Waals surface area contributed by atoms with Gasteiger partial charge in [0.1, 0.15) is 17.3 Å². The van der Waals surface area contributed by atoms with Crippen LogP contribution in [0.2, 0.25) is 0 Å². The van der Waals surface area contributed by atoms with E-state index in [0.717, 1.165) is 67.5 Å². The van der Waals surface area contributed by atoms with Crippen LogP contribution in [-0.4, -0.2) is 19.3 Å². The molecular weight excluding hydrogens is 601 g/mol. The van der Waals surface area contributed by atoms with Gasteiger partial charge in [0.2, 0.25) is 0 Å². The highest BCUT2D eigenvalue weighted by molar-refractivity contribution is 6.09. The molecule has 0 bridgehead atoms. The summed E-state index contributed by atoms with van der Waals surface area (Å²) in [5.74, 6) is 2.38. The van der Waals surface area contributed by atoms with Crippen LogP contribution in [-0.2, 0) is 0 Å². The third-order valence-electron chi connectivity index (χ3n) is 9.46. The SMILES string of the molecule is Cc1cc(Oc2ccc3c4ccccc4n(-c4cc(-c5ccccc5)ccn4)c3c2)cc(-n2nc(C)c(-c3c(C)cc(C)cc3C)c2C)c1. The van der Waals surface area contributed by atoms with E-state index < -0.39 is 0 Å².